The van der Waals surface area contributed by atoms with Gasteiger partial charge in [0.05, 0.1) is 0 Å². The summed E-state index contributed by atoms with van der Waals surface area (Å²) < 4.78 is 0. The first kappa shape index (κ1) is 12.9. The Bertz CT molecular complexity index is 302. The van der Waals surface area contributed by atoms with Crippen molar-refractivity contribution in [3.8, 4) is 0 Å². The second-order valence-corrected chi connectivity index (χ2v) is 7.13. The van der Waals surface area contributed by atoms with Gasteiger partial charge in [0.15, 0.2) is 0 Å². The van der Waals surface area contributed by atoms with Crippen LogP contribution in [0.1, 0.15) is 45.4 Å². The van der Waals surface area contributed by atoms with E-state index in [9.17, 15) is 0 Å². The Labute approximate surface area is 112 Å². The van der Waals surface area contributed by atoms with Gasteiger partial charge in [-0.05, 0) is 45.6 Å². The number of rotatable bonds is 4. The second-order valence-electron chi connectivity index (χ2n) is 7.13. The molecule has 1 aliphatic carbocycles. The van der Waals surface area contributed by atoms with Crippen molar-refractivity contribution in [3.63, 3.8) is 0 Å². The van der Waals surface area contributed by atoms with E-state index in [0.29, 0.717) is 0 Å². The highest BCUT2D eigenvalue weighted by atomic mass is 15.3. The van der Waals surface area contributed by atoms with E-state index in [1.165, 1.54) is 51.6 Å². The molecule has 0 amide bonds. The molecule has 0 aromatic rings. The maximum atomic E-state index is 6.14. The maximum absolute atomic E-state index is 6.14. The van der Waals surface area contributed by atoms with Crippen LogP contribution in [-0.4, -0.2) is 54.1 Å². The molecule has 3 nitrogen and oxygen atoms in total. The van der Waals surface area contributed by atoms with Crippen LogP contribution in [0.4, 0.5) is 0 Å². The molecular weight excluding hydrogens is 222 g/mol. The summed E-state index contributed by atoms with van der Waals surface area (Å²) in [5.74, 6) is 0.969. The normalized spacial score (nSPS) is 37.5. The standard InChI is InChI=1S/C15H29N3/c1-15(11-16,9-12-3-4-12)18-8-7-13-5-6-14(10-18)17(13)2/h12-14H,3-11,16H2,1-2H3. The Morgan fingerprint density at radius 2 is 1.83 bits per heavy atom. The highest BCUT2D eigenvalue weighted by Gasteiger charge is 2.42. The van der Waals surface area contributed by atoms with Crippen molar-refractivity contribution in [2.45, 2.75) is 63.1 Å². The third kappa shape index (κ3) is 2.33. The minimum atomic E-state index is 0.256. The molecule has 3 fully saturated rings. The van der Waals surface area contributed by atoms with Gasteiger partial charge in [0.25, 0.3) is 0 Å². The zero-order valence-electron chi connectivity index (χ0n) is 12.1. The molecule has 3 unspecified atom stereocenters. The predicted octanol–water partition coefficient (Wildman–Crippen LogP) is 1.67. The predicted molar refractivity (Wildman–Crippen MR) is 75.6 cm³/mol. The quantitative estimate of drug-likeness (QED) is 0.825. The van der Waals surface area contributed by atoms with Gasteiger partial charge in [-0.1, -0.05) is 12.8 Å². The molecule has 18 heavy (non-hydrogen) atoms. The number of fused-ring (bicyclic) bond motifs is 2. The monoisotopic (exact) mass is 251 g/mol. The molecule has 0 spiro atoms. The lowest BCUT2D eigenvalue weighted by atomic mass is 9.91. The molecule has 2 heterocycles. The van der Waals surface area contributed by atoms with Crippen molar-refractivity contribution in [2.75, 3.05) is 26.7 Å². The second kappa shape index (κ2) is 4.77. The van der Waals surface area contributed by atoms with Gasteiger partial charge in [0, 0.05) is 37.3 Å². The summed E-state index contributed by atoms with van der Waals surface area (Å²) in [6, 6.07) is 1.62. The molecule has 104 valence electrons. The molecule has 2 bridgehead atoms. The third-order valence-electron chi connectivity index (χ3n) is 5.78. The number of nitrogens with zero attached hydrogens (tertiary/aromatic N) is 2. The van der Waals surface area contributed by atoms with Gasteiger partial charge in [-0.25, -0.2) is 0 Å². The molecule has 2 saturated heterocycles. The third-order valence-corrected chi connectivity index (χ3v) is 5.78. The van der Waals surface area contributed by atoms with Crippen LogP contribution in [0.3, 0.4) is 0 Å². The zero-order valence-corrected chi connectivity index (χ0v) is 12.1. The lowest BCUT2D eigenvalue weighted by Crippen LogP contribution is -2.54. The molecule has 1 saturated carbocycles. The Kier molecular flexibility index (Phi) is 3.41. The molecule has 0 aromatic carbocycles. The van der Waals surface area contributed by atoms with Crippen LogP contribution in [0.15, 0.2) is 0 Å². The van der Waals surface area contributed by atoms with Gasteiger partial charge in [0.2, 0.25) is 0 Å². The van der Waals surface area contributed by atoms with Crippen molar-refractivity contribution >= 4 is 0 Å². The molecule has 2 aliphatic heterocycles. The number of likely N-dealkylation sites (tertiary alicyclic amines) is 1. The maximum Gasteiger partial charge on any atom is 0.0306 e. The van der Waals surface area contributed by atoms with Crippen LogP contribution in [0, 0.1) is 5.92 Å². The molecule has 3 atom stereocenters. The topological polar surface area (TPSA) is 32.5 Å². The van der Waals surface area contributed by atoms with Crippen molar-refractivity contribution in [1.82, 2.24) is 9.80 Å². The number of hydrogen-bond donors (Lipinski definition) is 1. The first-order valence-electron chi connectivity index (χ1n) is 7.79. The van der Waals surface area contributed by atoms with Gasteiger partial charge in [-0.2, -0.15) is 0 Å². The highest BCUT2D eigenvalue weighted by Crippen LogP contribution is 2.40. The van der Waals surface area contributed by atoms with Crippen LogP contribution >= 0.6 is 0 Å². The van der Waals surface area contributed by atoms with Crippen molar-refractivity contribution in [3.05, 3.63) is 0 Å². The van der Waals surface area contributed by atoms with Crippen molar-refractivity contribution in [2.24, 2.45) is 11.7 Å². The molecule has 0 aromatic heterocycles. The zero-order chi connectivity index (χ0) is 12.8. The summed E-state index contributed by atoms with van der Waals surface area (Å²) in [6.45, 7) is 5.73. The van der Waals surface area contributed by atoms with E-state index < -0.39 is 0 Å². The van der Waals surface area contributed by atoms with Crippen molar-refractivity contribution in [1.29, 1.82) is 0 Å². The molecule has 3 aliphatic rings. The summed E-state index contributed by atoms with van der Waals surface area (Å²) in [5.41, 5.74) is 6.40. The fourth-order valence-electron chi connectivity index (χ4n) is 4.08. The largest absolute Gasteiger partial charge is 0.329 e. The fourth-order valence-corrected chi connectivity index (χ4v) is 4.08. The minimum Gasteiger partial charge on any atom is -0.329 e. The van der Waals surface area contributed by atoms with Gasteiger partial charge in [-0.3, -0.25) is 9.80 Å². The van der Waals surface area contributed by atoms with E-state index in [1.807, 2.05) is 0 Å². The first-order valence-corrected chi connectivity index (χ1v) is 7.79. The Hall–Kier alpha value is -0.120. The Morgan fingerprint density at radius 3 is 2.50 bits per heavy atom. The molecule has 0 radical (unpaired) electrons. The summed E-state index contributed by atoms with van der Waals surface area (Å²) in [6.07, 6.45) is 8.35. The van der Waals surface area contributed by atoms with Gasteiger partial charge in [0.1, 0.15) is 0 Å². The lowest BCUT2D eigenvalue weighted by molar-refractivity contribution is 0.0845. The number of likely N-dealkylation sites (N-methyl/N-ethyl adjacent to an activating group) is 1. The average Bonchev–Trinajstić information content (AvgIpc) is 3.07. The average molecular weight is 251 g/mol. The summed E-state index contributed by atoms with van der Waals surface area (Å²) in [5, 5.41) is 0. The van der Waals surface area contributed by atoms with Crippen LogP contribution in [0.2, 0.25) is 0 Å². The highest BCUT2D eigenvalue weighted by molar-refractivity contribution is 4.99. The first-order chi connectivity index (χ1) is 8.62. The Balaban J connectivity index is 1.70. The molecule has 2 N–H and O–H groups in total. The fraction of sp³-hybridized carbons (Fsp3) is 1.00. The van der Waals surface area contributed by atoms with Gasteiger partial charge in [-0.15, -0.1) is 0 Å². The van der Waals surface area contributed by atoms with Crippen LogP contribution in [0.5, 0.6) is 0 Å². The SMILES string of the molecule is CN1C2CCC1CN(C(C)(CN)CC1CC1)CC2. The van der Waals surface area contributed by atoms with Crippen molar-refractivity contribution < 1.29 is 0 Å². The van der Waals surface area contributed by atoms with E-state index in [2.05, 4.69) is 23.8 Å². The molecule has 3 heteroatoms. The van der Waals surface area contributed by atoms with Crippen LogP contribution < -0.4 is 5.73 Å². The van der Waals surface area contributed by atoms with E-state index in [0.717, 1.165) is 24.5 Å². The summed E-state index contributed by atoms with van der Waals surface area (Å²) >= 11 is 0. The minimum absolute atomic E-state index is 0.256. The van der Waals surface area contributed by atoms with E-state index >= 15 is 0 Å². The summed E-state index contributed by atoms with van der Waals surface area (Å²) in [7, 11) is 2.33. The number of hydrogen-bond acceptors (Lipinski definition) is 3. The van der Waals surface area contributed by atoms with Gasteiger partial charge >= 0.3 is 0 Å². The smallest absolute Gasteiger partial charge is 0.0306 e. The number of nitrogens with two attached hydrogens (primary N) is 1. The van der Waals surface area contributed by atoms with E-state index in [-0.39, 0.29) is 5.54 Å². The van der Waals surface area contributed by atoms with Crippen LogP contribution in [0.25, 0.3) is 0 Å². The van der Waals surface area contributed by atoms with E-state index in [4.69, 9.17) is 5.73 Å². The molecule has 3 rings (SSSR count). The molecular formula is C15H29N3. The van der Waals surface area contributed by atoms with Gasteiger partial charge < -0.3 is 5.73 Å². The summed E-state index contributed by atoms with van der Waals surface area (Å²) in [4.78, 5) is 5.36. The van der Waals surface area contributed by atoms with Crippen LogP contribution in [-0.2, 0) is 0 Å². The lowest BCUT2D eigenvalue weighted by Gasteiger charge is -2.42. The van der Waals surface area contributed by atoms with E-state index in [1.54, 1.807) is 0 Å². The Morgan fingerprint density at radius 1 is 1.11 bits per heavy atom.